The lowest BCUT2D eigenvalue weighted by molar-refractivity contribution is -0.384. The second-order valence-electron chi connectivity index (χ2n) is 7.97. The lowest BCUT2D eigenvalue weighted by Crippen LogP contribution is -2.53. The highest BCUT2D eigenvalue weighted by atomic mass is 19.4. The van der Waals surface area contributed by atoms with Gasteiger partial charge in [-0.25, -0.2) is 4.79 Å². The van der Waals surface area contributed by atoms with Crippen molar-refractivity contribution in [3.63, 3.8) is 0 Å². The minimum atomic E-state index is -4.67. The van der Waals surface area contributed by atoms with E-state index in [2.05, 4.69) is 10.6 Å². The minimum Gasteiger partial charge on any atom is -0.363 e. The summed E-state index contributed by atoms with van der Waals surface area (Å²) in [5, 5.41) is 16.1. The van der Waals surface area contributed by atoms with Gasteiger partial charge in [-0.3, -0.25) is 25.1 Å². The van der Waals surface area contributed by atoms with Crippen molar-refractivity contribution >= 4 is 23.3 Å². The van der Waals surface area contributed by atoms with Gasteiger partial charge in [-0.05, 0) is 32.9 Å². The maximum atomic E-state index is 12.9. The Kier molecular flexibility index (Phi) is 6.91. The molecule has 1 fully saturated rings. The largest absolute Gasteiger partial charge is 0.416 e. The van der Waals surface area contributed by atoms with Crippen molar-refractivity contribution in [2.45, 2.75) is 32.5 Å². The Morgan fingerprint density at radius 1 is 1.13 bits per heavy atom. The van der Waals surface area contributed by atoms with Gasteiger partial charge in [0.15, 0.2) is 0 Å². The summed E-state index contributed by atoms with van der Waals surface area (Å²) in [7, 11) is 0. The number of nitro benzene ring substituents is 1. The second kappa shape index (κ2) is 8.86. The third-order valence-corrected chi connectivity index (χ3v) is 4.32. The third-order valence-electron chi connectivity index (χ3n) is 4.32. The van der Waals surface area contributed by atoms with Gasteiger partial charge in [-0.1, -0.05) is 0 Å². The van der Waals surface area contributed by atoms with E-state index >= 15 is 0 Å². The number of carbonyl (C=O) groups excluding carboxylic acids is 2. The zero-order valence-corrected chi connectivity index (χ0v) is 16.9. The summed E-state index contributed by atoms with van der Waals surface area (Å²) in [5.41, 5.74) is -2.09. The summed E-state index contributed by atoms with van der Waals surface area (Å²) in [5.74, 6) is -0.495. The molecule has 12 heteroatoms. The van der Waals surface area contributed by atoms with Crippen LogP contribution in [0.3, 0.4) is 0 Å². The number of halogens is 3. The highest BCUT2D eigenvalue weighted by Crippen LogP contribution is 2.36. The van der Waals surface area contributed by atoms with Gasteiger partial charge in [0.2, 0.25) is 5.91 Å². The van der Waals surface area contributed by atoms with E-state index in [0.29, 0.717) is 19.2 Å². The van der Waals surface area contributed by atoms with Crippen LogP contribution in [0.2, 0.25) is 0 Å². The molecule has 1 aromatic carbocycles. The van der Waals surface area contributed by atoms with E-state index in [1.54, 1.807) is 30.6 Å². The van der Waals surface area contributed by atoms with E-state index in [9.17, 15) is 32.9 Å². The summed E-state index contributed by atoms with van der Waals surface area (Å²) >= 11 is 0. The molecular weight excluding hydrogens is 407 g/mol. The average Bonchev–Trinajstić information content (AvgIpc) is 2.59. The molecule has 1 aliphatic rings. The van der Waals surface area contributed by atoms with Crippen LogP contribution >= 0.6 is 0 Å². The van der Waals surface area contributed by atoms with Crippen molar-refractivity contribution in [1.82, 2.24) is 15.5 Å². The molecule has 2 rings (SSSR count). The molecule has 30 heavy (non-hydrogen) atoms. The zero-order chi connectivity index (χ0) is 22.7. The topological polar surface area (TPSA) is 108 Å². The number of anilines is 1. The molecular formula is C18H24F3N5O4. The number of nitro groups is 1. The van der Waals surface area contributed by atoms with Gasteiger partial charge >= 0.3 is 12.2 Å². The SMILES string of the molecule is CC(C)(C)NC(=O)NC(=O)CN1CCN(c2ccc(C(F)(F)F)cc2[N+](=O)[O-])CC1. The van der Waals surface area contributed by atoms with Crippen molar-refractivity contribution < 1.29 is 27.7 Å². The fourth-order valence-corrected chi connectivity index (χ4v) is 3.00. The number of nitrogens with zero attached hydrogens (tertiary/aromatic N) is 3. The van der Waals surface area contributed by atoms with E-state index < -0.39 is 39.8 Å². The van der Waals surface area contributed by atoms with Gasteiger partial charge in [0, 0.05) is 37.8 Å². The Morgan fingerprint density at radius 3 is 2.23 bits per heavy atom. The molecule has 0 atom stereocenters. The Hall–Kier alpha value is -2.89. The molecule has 2 N–H and O–H groups in total. The standard InChI is InChI=1S/C18H24F3N5O4/c1-17(2,3)23-16(28)22-15(27)11-24-6-8-25(9-7-24)13-5-4-12(18(19,20)21)10-14(13)26(29)30/h4-5,10H,6-9,11H2,1-3H3,(H2,22,23,27,28). The van der Waals surface area contributed by atoms with Crippen LogP contribution < -0.4 is 15.5 Å². The van der Waals surface area contributed by atoms with Gasteiger partial charge < -0.3 is 10.2 Å². The van der Waals surface area contributed by atoms with E-state index in [4.69, 9.17) is 0 Å². The first-order valence-corrected chi connectivity index (χ1v) is 9.21. The van der Waals surface area contributed by atoms with Crippen molar-refractivity contribution in [3.05, 3.63) is 33.9 Å². The van der Waals surface area contributed by atoms with Crippen molar-refractivity contribution in [2.75, 3.05) is 37.6 Å². The van der Waals surface area contributed by atoms with E-state index in [1.165, 1.54) is 0 Å². The van der Waals surface area contributed by atoms with E-state index in [-0.39, 0.29) is 25.3 Å². The monoisotopic (exact) mass is 431 g/mol. The molecule has 1 saturated heterocycles. The number of alkyl halides is 3. The van der Waals surface area contributed by atoms with Crippen LogP contribution in [-0.4, -0.2) is 60.0 Å². The van der Waals surface area contributed by atoms with Crippen LogP contribution in [0.1, 0.15) is 26.3 Å². The van der Waals surface area contributed by atoms with Gasteiger partial charge in [-0.15, -0.1) is 0 Å². The molecule has 166 valence electrons. The molecule has 1 aliphatic heterocycles. The molecule has 0 radical (unpaired) electrons. The normalized spacial score (nSPS) is 15.6. The van der Waals surface area contributed by atoms with Crippen LogP contribution in [-0.2, 0) is 11.0 Å². The maximum Gasteiger partial charge on any atom is 0.416 e. The van der Waals surface area contributed by atoms with Crippen LogP contribution in [0.25, 0.3) is 0 Å². The molecule has 0 aliphatic carbocycles. The first-order chi connectivity index (χ1) is 13.8. The molecule has 9 nitrogen and oxygen atoms in total. The first-order valence-electron chi connectivity index (χ1n) is 9.21. The van der Waals surface area contributed by atoms with E-state index in [1.807, 2.05) is 0 Å². The highest BCUT2D eigenvalue weighted by molar-refractivity contribution is 5.95. The first kappa shape index (κ1) is 23.4. The number of urea groups is 1. The molecule has 0 unspecified atom stereocenters. The van der Waals surface area contributed by atoms with Crippen LogP contribution in [0.4, 0.5) is 29.3 Å². The smallest absolute Gasteiger partial charge is 0.363 e. The molecule has 3 amide bonds. The minimum absolute atomic E-state index is 0.0412. The molecule has 0 spiro atoms. The summed E-state index contributed by atoms with van der Waals surface area (Å²) in [6.07, 6.45) is -4.67. The lowest BCUT2D eigenvalue weighted by Gasteiger charge is -2.35. The van der Waals surface area contributed by atoms with Crippen LogP contribution in [0, 0.1) is 10.1 Å². The third kappa shape index (κ3) is 6.58. The lowest BCUT2D eigenvalue weighted by atomic mass is 10.1. The van der Waals surface area contributed by atoms with Crippen LogP contribution in [0.5, 0.6) is 0 Å². The fraction of sp³-hybridized carbons (Fsp3) is 0.556. The van der Waals surface area contributed by atoms with Gasteiger partial charge in [0.25, 0.3) is 5.69 Å². The summed E-state index contributed by atoms with van der Waals surface area (Å²) < 4.78 is 38.6. The molecule has 1 aromatic rings. The van der Waals surface area contributed by atoms with Gasteiger partial charge in [-0.2, -0.15) is 13.2 Å². The molecule has 1 heterocycles. The summed E-state index contributed by atoms with van der Waals surface area (Å²) in [4.78, 5) is 37.5. The van der Waals surface area contributed by atoms with Gasteiger partial charge in [0.05, 0.1) is 17.0 Å². The van der Waals surface area contributed by atoms with Crippen molar-refractivity contribution in [1.29, 1.82) is 0 Å². The van der Waals surface area contributed by atoms with Crippen molar-refractivity contribution in [3.8, 4) is 0 Å². The fourth-order valence-electron chi connectivity index (χ4n) is 3.00. The predicted molar refractivity (Wildman–Crippen MR) is 103 cm³/mol. The van der Waals surface area contributed by atoms with Crippen LogP contribution in [0.15, 0.2) is 18.2 Å². The Bertz CT molecular complexity index is 815. The van der Waals surface area contributed by atoms with E-state index in [0.717, 1.165) is 12.1 Å². The highest BCUT2D eigenvalue weighted by Gasteiger charge is 2.34. The number of carbonyl (C=O) groups is 2. The predicted octanol–water partition coefficient (Wildman–Crippen LogP) is 2.36. The Morgan fingerprint density at radius 2 is 1.73 bits per heavy atom. The number of imide groups is 1. The summed E-state index contributed by atoms with van der Waals surface area (Å²) in [6, 6.07) is 1.84. The summed E-state index contributed by atoms with van der Waals surface area (Å²) in [6.45, 7) is 6.56. The number of amides is 3. The number of benzene rings is 1. The molecule has 0 saturated carbocycles. The number of hydrogen-bond donors (Lipinski definition) is 2. The van der Waals surface area contributed by atoms with Gasteiger partial charge in [0.1, 0.15) is 5.69 Å². The quantitative estimate of drug-likeness (QED) is 0.560. The zero-order valence-electron chi connectivity index (χ0n) is 16.9. The number of hydrogen-bond acceptors (Lipinski definition) is 6. The number of piperazine rings is 1. The number of rotatable bonds is 4. The Balaban J connectivity index is 1.96. The molecule has 0 aromatic heterocycles. The number of nitrogens with one attached hydrogen (secondary N) is 2. The average molecular weight is 431 g/mol. The Labute approximate surface area is 171 Å². The van der Waals surface area contributed by atoms with Crippen molar-refractivity contribution in [2.24, 2.45) is 0 Å². The molecule has 0 bridgehead atoms. The second-order valence-corrected chi connectivity index (χ2v) is 7.97. The maximum absolute atomic E-state index is 12.9.